The van der Waals surface area contributed by atoms with E-state index in [-0.39, 0.29) is 0 Å². The van der Waals surface area contributed by atoms with Crippen molar-refractivity contribution in [2.24, 2.45) is 5.73 Å². The molecule has 0 spiro atoms. The van der Waals surface area contributed by atoms with Gasteiger partial charge >= 0.3 is 0 Å². The summed E-state index contributed by atoms with van der Waals surface area (Å²) in [6.45, 7) is 1.39. The topological polar surface area (TPSA) is 35.2 Å². The number of ether oxygens (including phenoxy) is 1. The second kappa shape index (κ2) is 7.12. The fraction of sp³-hybridized carbons (Fsp3) is 0.455. The number of halogens is 1. The average molecular weight is 246 g/mol. The van der Waals surface area contributed by atoms with Crippen LogP contribution in [0, 0.1) is 0 Å². The van der Waals surface area contributed by atoms with E-state index in [4.69, 9.17) is 22.1 Å². The molecule has 84 valence electrons. The maximum atomic E-state index is 6.14. The van der Waals surface area contributed by atoms with Crippen molar-refractivity contribution in [2.75, 3.05) is 26.0 Å². The molecule has 0 aromatic heterocycles. The van der Waals surface area contributed by atoms with E-state index in [1.807, 2.05) is 12.1 Å². The van der Waals surface area contributed by atoms with Crippen LogP contribution in [0.25, 0.3) is 0 Å². The van der Waals surface area contributed by atoms with Gasteiger partial charge in [0.2, 0.25) is 0 Å². The number of nitrogens with two attached hydrogens (primary N) is 1. The van der Waals surface area contributed by atoms with Crippen molar-refractivity contribution >= 4 is 23.4 Å². The largest absolute Gasteiger partial charge is 0.384 e. The number of thioether (sulfide) groups is 1. The number of rotatable bonds is 6. The maximum absolute atomic E-state index is 6.14. The monoisotopic (exact) mass is 245 g/mol. The third kappa shape index (κ3) is 4.03. The van der Waals surface area contributed by atoms with Gasteiger partial charge in [-0.25, -0.2) is 0 Å². The summed E-state index contributed by atoms with van der Waals surface area (Å²) in [5, 5.41) is 0.807. The molecule has 0 fully saturated rings. The van der Waals surface area contributed by atoms with E-state index in [1.165, 1.54) is 5.56 Å². The third-order valence-electron chi connectivity index (χ3n) is 2.00. The van der Waals surface area contributed by atoms with Crippen LogP contribution in [0.1, 0.15) is 5.56 Å². The van der Waals surface area contributed by atoms with E-state index in [1.54, 1.807) is 18.9 Å². The molecule has 2 N–H and O–H groups in total. The molecule has 0 aliphatic carbocycles. The molecule has 0 saturated heterocycles. The smallest absolute Gasteiger partial charge is 0.0556 e. The van der Waals surface area contributed by atoms with Crippen LogP contribution in [-0.2, 0) is 11.2 Å². The summed E-state index contributed by atoms with van der Waals surface area (Å²) in [6.07, 6.45) is 0.871. The lowest BCUT2D eigenvalue weighted by Crippen LogP contribution is -2.04. The van der Waals surface area contributed by atoms with Gasteiger partial charge in [0.05, 0.1) is 11.6 Å². The van der Waals surface area contributed by atoms with Crippen LogP contribution in [0.15, 0.2) is 23.1 Å². The van der Waals surface area contributed by atoms with E-state index < -0.39 is 0 Å². The van der Waals surface area contributed by atoms with Gasteiger partial charge in [-0.05, 0) is 24.6 Å². The van der Waals surface area contributed by atoms with E-state index in [2.05, 4.69) is 6.07 Å². The predicted octanol–water partition coefficient (Wildman–Crippen LogP) is 2.58. The van der Waals surface area contributed by atoms with Crippen molar-refractivity contribution < 1.29 is 4.74 Å². The first kappa shape index (κ1) is 12.8. The summed E-state index contributed by atoms with van der Waals surface area (Å²) < 4.78 is 5.01. The Kier molecular flexibility index (Phi) is 6.10. The molecule has 1 rings (SSSR count). The van der Waals surface area contributed by atoms with E-state index in [9.17, 15) is 0 Å². The van der Waals surface area contributed by atoms with Gasteiger partial charge in [0.15, 0.2) is 0 Å². The standard InChI is InChI=1S/C11H16ClNOS/c1-14-7-8-15-11-9(5-6-13)3-2-4-10(11)12/h2-4H,5-8,13H2,1H3. The summed E-state index contributed by atoms with van der Waals surface area (Å²) in [4.78, 5) is 1.14. The molecule has 0 atom stereocenters. The van der Waals surface area contributed by atoms with Gasteiger partial charge in [-0.15, -0.1) is 11.8 Å². The Bertz CT molecular complexity index is 307. The summed E-state index contributed by atoms with van der Waals surface area (Å²) >= 11 is 7.87. The van der Waals surface area contributed by atoms with E-state index >= 15 is 0 Å². The summed E-state index contributed by atoms with van der Waals surface area (Å²) in [7, 11) is 1.70. The zero-order valence-electron chi connectivity index (χ0n) is 8.83. The maximum Gasteiger partial charge on any atom is 0.0556 e. The summed E-state index contributed by atoms with van der Waals surface area (Å²) in [6, 6.07) is 5.96. The third-order valence-corrected chi connectivity index (χ3v) is 3.56. The Morgan fingerprint density at radius 3 is 2.93 bits per heavy atom. The minimum Gasteiger partial charge on any atom is -0.384 e. The molecule has 0 bridgehead atoms. The molecular weight excluding hydrogens is 230 g/mol. The Balaban J connectivity index is 2.72. The van der Waals surface area contributed by atoms with E-state index in [0.29, 0.717) is 6.54 Å². The zero-order chi connectivity index (χ0) is 11.1. The van der Waals surface area contributed by atoms with Crippen LogP contribution < -0.4 is 5.73 Å². The van der Waals surface area contributed by atoms with Crippen molar-refractivity contribution in [2.45, 2.75) is 11.3 Å². The molecule has 0 unspecified atom stereocenters. The van der Waals surface area contributed by atoms with Gasteiger partial charge in [-0.3, -0.25) is 0 Å². The highest BCUT2D eigenvalue weighted by Gasteiger charge is 2.06. The van der Waals surface area contributed by atoms with Crippen LogP contribution in [0.2, 0.25) is 5.02 Å². The summed E-state index contributed by atoms with van der Waals surface area (Å²) in [5.74, 6) is 0.914. The normalized spacial score (nSPS) is 10.6. The molecule has 0 aliphatic rings. The van der Waals surface area contributed by atoms with Crippen molar-refractivity contribution in [3.63, 3.8) is 0 Å². The van der Waals surface area contributed by atoms with Crippen LogP contribution in [0.4, 0.5) is 0 Å². The lowest BCUT2D eigenvalue weighted by molar-refractivity contribution is 0.218. The molecule has 0 heterocycles. The van der Waals surface area contributed by atoms with Crippen LogP contribution >= 0.6 is 23.4 Å². The minimum atomic E-state index is 0.651. The molecule has 0 amide bonds. The van der Waals surface area contributed by atoms with Gasteiger partial charge in [-0.2, -0.15) is 0 Å². The first-order valence-corrected chi connectivity index (χ1v) is 6.25. The minimum absolute atomic E-state index is 0.651. The lowest BCUT2D eigenvalue weighted by atomic mass is 10.1. The Morgan fingerprint density at radius 2 is 2.27 bits per heavy atom. The Labute approximate surface area is 100 Å². The second-order valence-electron chi connectivity index (χ2n) is 3.11. The van der Waals surface area contributed by atoms with Crippen molar-refractivity contribution in [3.8, 4) is 0 Å². The van der Waals surface area contributed by atoms with Crippen LogP contribution in [0.3, 0.4) is 0 Å². The SMILES string of the molecule is COCCSc1c(Cl)cccc1CCN. The predicted molar refractivity (Wildman–Crippen MR) is 66.8 cm³/mol. The number of hydrogen-bond donors (Lipinski definition) is 1. The first-order valence-electron chi connectivity index (χ1n) is 4.88. The van der Waals surface area contributed by atoms with Crippen molar-refractivity contribution in [1.82, 2.24) is 0 Å². The fourth-order valence-electron chi connectivity index (χ4n) is 1.29. The number of benzene rings is 1. The quantitative estimate of drug-likeness (QED) is 0.618. The second-order valence-corrected chi connectivity index (χ2v) is 4.62. The first-order chi connectivity index (χ1) is 7.29. The highest BCUT2D eigenvalue weighted by molar-refractivity contribution is 7.99. The molecule has 0 radical (unpaired) electrons. The fourth-order valence-corrected chi connectivity index (χ4v) is 2.67. The number of hydrogen-bond acceptors (Lipinski definition) is 3. The van der Waals surface area contributed by atoms with Gasteiger partial charge in [0.1, 0.15) is 0 Å². The molecule has 15 heavy (non-hydrogen) atoms. The Hall–Kier alpha value is -0.220. The van der Waals surface area contributed by atoms with Crippen LogP contribution in [0.5, 0.6) is 0 Å². The van der Waals surface area contributed by atoms with E-state index in [0.717, 1.165) is 28.7 Å². The molecule has 4 heteroatoms. The molecule has 0 saturated carbocycles. The molecule has 0 aliphatic heterocycles. The highest BCUT2D eigenvalue weighted by atomic mass is 35.5. The van der Waals surface area contributed by atoms with Gasteiger partial charge in [0, 0.05) is 17.8 Å². The van der Waals surface area contributed by atoms with Gasteiger partial charge in [0.25, 0.3) is 0 Å². The van der Waals surface area contributed by atoms with Gasteiger partial charge < -0.3 is 10.5 Å². The molecule has 2 nitrogen and oxygen atoms in total. The molecular formula is C11H16ClNOS. The molecule has 1 aromatic carbocycles. The molecule has 1 aromatic rings. The van der Waals surface area contributed by atoms with Crippen molar-refractivity contribution in [3.05, 3.63) is 28.8 Å². The summed E-state index contributed by atoms with van der Waals surface area (Å²) in [5.41, 5.74) is 6.79. The Morgan fingerprint density at radius 1 is 1.47 bits per heavy atom. The zero-order valence-corrected chi connectivity index (χ0v) is 10.4. The number of methoxy groups -OCH3 is 1. The highest BCUT2D eigenvalue weighted by Crippen LogP contribution is 2.30. The lowest BCUT2D eigenvalue weighted by Gasteiger charge is -2.09. The van der Waals surface area contributed by atoms with Gasteiger partial charge in [-0.1, -0.05) is 23.7 Å². The van der Waals surface area contributed by atoms with Crippen molar-refractivity contribution in [1.29, 1.82) is 0 Å². The van der Waals surface area contributed by atoms with Crippen LogP contribution in [-0.4, -0.2) is 26.0 Å². The average Bonchev–Trinajstić information content (AvgIpc) is 2.23.